The second kappa shape index (κ2) is 4.98. The molecule has 0 bridgehead atoms. The van der Waals surface area contributed by atoms with Gasteiger partial charge in [0.15, 0.2) is 10.9 Å². The Hall–Kier alpha value is -2.33. The van der Waals surface area contributed by atoms with Gasteiger partial charge in [0.1, 0.15) is 5.75 Å². The number of ether oxygens (including phenoxy) is 1. The molecule has 2 aromatic heterocycles. The lowest BCUT2D eigenvalue weighted by Crippen LogP contribution is -2.00. The fourth-order valence-electron chi connectivity index (χ4n) is 2.11. The third kappa shape index (κ3) is 2.04. The fraction of sp³-hybridized carbons (Fsp3) is 0.0667. The number of carbonyl (C=O) groups excluding carboxylic acids is 1. The van der Waals surface area contributed by atoms with Crippen LogP contribution in [0.4, 0.5) is 0 Å². The number of benzene rings is 1. The van der Waals surface area contributed by atoms with Crippen LogP contribution in [0.25, 0.3) is 10.9 Å². The minimum atomic E-state index is -0.0684. The van der Waals surface area contributed by atoms with Crippen molar-refractivity contribution in [2.24, 2.45) is 0 Å². The molecular formula is C15H11ClN2O2. The number of hydrogen-bond acceptors (Lipinski definition) is 3. The third-order valence-corrected chi connectivity index (χ3v) is 3.44. The molecule has 0 aliphatic heterocycles. The van der Waals surface area contributed by atoms with Crippen molar-refractivity contribution in [2.75, 3.05) is 7.11 Å². The zero-order valence-electron chi connectivity index (χ0n) is 10.7. The van der Waals surface area contributed by atoms with E-state index in [-0.39, 0.29) is 5.78 Å². The van der Waals surface area contributed by atoms with Gasteiger partial charge in [-0.05, 0) is 30.3 Å². The summed E-state index contributed by atoms with van der Waals surface area (Å²) in [6.45, 7) is 0. The smallest absolute Gasteiger partial charge is 0.195 e. The van der Waals surface area contributed by atoms with Crippen molar-refractivity contribution in [3.63, 3.8) is 0 Å². The van der Waals surface area contributed by atoms with Crippen molar-refractivity contribution in [1.82, 2.24) is 9.97 Å². The number of rotatable bonds is 3. The number of methoxy groups -OCH3 is 1. The zero-order valence-corrected chi connectivity index (χ0v) is 11.4. The molecule has 1 N–H and O–H groups in total. The maximum absolute atomic E-state index is 12.5. The number of nitrogens with zero attached hydrogens (tertiary/aromatic N) is 1. The van der Waals surface area contributed by atoms with Gasteiger partial charge < -0.3 is 9.72 Å². The van der Waals surface area contributed by atoms with Gasteiger partial charge >= 0.3 is 0 Å². The molecule has 100 valence electrons. The molecule has 0 fully saturated rings. The number of hydrogen-bond donors (Lipinski definition) is 1. The van der Waals surface area contributed by atoms with Crippen LogP contribution in [0.2, 0.25) is 5.15 Å². The van der Waals surface area contributed by atoms with Crippen LogP contribution in [-0.2, 0) is 0 Å². The molecule has 1 aromatic carbocycles. The Balaban J connectivity index is 2.06. The molecule has 0 aliphatic carbocycles. The molecule has 0 atom stereocenters. The van der Waals surface area contributed by atoms with E-state index in [2.05, 4.69) is 9.97 Å². The molecular weight excluding hydrogens is 276 g/mol. The topological polar surface area (TPSA) is 55.0 Å². The first-order valence-corrected chi connectivity index (χ1v) is 6.39. The van der Waals surface area contributed by atoms with E-state index in [0.717, 1.165) is 5.39 Å². The Kier molecular flexibility index (Phi) is 3.16. The molecule has 3 rings (SSSR count). The van der Waals surface area contributed by atoms with Gasteiger partial charge in [-0.1, -0.05) is 11.6 Å². The normalized spacial score (nSPS) is 10.7. The highest BCUT2D eigenvalue weighted by Crippen LogP contribution is 2.25. The van der Waals surface area contributed by atoms with Crippen molar-refractivity contribution < 1.29 is 9.53 Å². The van der Waals surface area contributed by atoms with Gasteiger partial charge in [0.05, 0.1) is 12.6 Å². The van der Waals surface area contributed by atoms with E-state index in [0.29, 0.717) is 27.5 Å². The van der Waals surface area contributed by atoms with Gasteiger partial charge in [0.2, 0.25) is 0 Å². The second-order valence-electron chi connectivity index (χ2n) is 4.28. The van der Waals surface area contributed by atoms with E-state index in [1.807, 2.05) is 0 Å². The van der Waals surface area contributed by atoms with E-state index in [1.54, 1.807) is 49.8 Å². The summed E-state index contributed by atoms with van der Waals surface area (Å²) in [5.41, 5.74) is 1.85. The summed E-state index contributed by atoms with van der Waals surface area (Å²) in [5, 5.41) is 1.13. The molecule has 4 nitrogen and oxygen atoms in total. The Morgan fingerprint density at radius 2 is 2.00 bits per heavy atom. The molecule has 2 heterocycles. The molecule has 0 saturated carbocycles. The number of fused-ring (bicyclic) bond motifs is 1. The quantitative estimate of drug-likeness (QED) is 0.592. The highest BCUT2D eigenvalue weighted by atomic mass is 35.5. The van der Waals surface area contributed by atoms with Crippen LogP contribution in [0.1, 0.15) is 15.9 Å². The zero-order chi connectivity index (χ0) is 14.1. The summed E-state index contributed by atoms with van der Waals surface area (Å²) < 4.78 is 5.08. The Morgan fingerprint density at radius 3 is 2.70 bits per heavy atom. The van der Waals surface area contributed by atoms with E-state index in [4.69, 9.17) is 16.3 Å². The van der Waals surface area contributed by atoms with Crippen LogP contribution in [0.3, 0.4) is 0 Å². The summed E-state index contributed by atoms with van der Waals surface area (Å²) in [6, 6.07) is 8.77. The van der Waals surface area contributed by atoms with Crippen LogP contribution >= 0.6 is 11.6 Å². The lowest BCUT2D eigenvalue weighted by molar-refractivity contribution is 0.104. The number of nitrogens with one attached hydrogen (secondary N) is 1. The van der Waals surface area contributed by atoms with E-state index < -0.39 is 0 Å². The van der Waals surface area contributed by atoms with Gasteiger partial charge in [-0.15, -0.1) is 0 Å². The molecule has 20 heavy (non-hydrogen) atoms. The van der Waals surface area contributed by atoms with Crippen LogP contribution in [0, 0.1) is 0 Å². The maximum atomic E-state index is 12.5. The molecule has 5 heteroatoms. The van der Waals surface area contributed by atoms with Crippen molar-refractivity contribution >= 4 is 28.3 Å². The minimum Gasteiger partial charge on any atom is -0.497 e. The highest BCUT2D eigenvalue weighted by Gasteiger charge is 2.15. The minimum absolute atomic E-state index is 0.0684. The first kappa shape index (κ1) is 12.7. The number of aromatic amines is 1. The van der Waals surface area contributed by atoms with Gasteiger partial charge in [-0.25, -0.2) is 4.98 Å². The average molecular weight is 287 g/mol. The molecule has 0 unspecified atom stereocenters. The summed E-state index contributed by atoms with van der Waals surface area (Å²) in [7, 11) is 1.59. The largest absolute Gasteiger partial charge is 0.497 e. The lowest BCUT2D eigenvalue weighted by atomic mass is 10.0. The summed E-state index contributed by atoms with van der Waals surface area (Å²) in [5.74, 6) is 0.647. The van der Waals surface area contributed by atoms with Crippen LogP contribution in [0.15, 0.2) is 42.7 Å². The number of H-pyrrole nitrogens is 1. The highest BCUT2D eigenvalue weighted by molar-refractivity contribution is 6.34. The summed E-state index contributed by atoms with van der Waals surface area (Å²) >= 11 is 5.99. The van der Waals surface area contributed by atoms with Crippen molar-refractivity contribution in [3.05, 3.63) is 59.0 Å². The second-order valence-corrected chi connectivity index (χ2v) is 4.64. The van der Waals surface area contributed by atoms with Crippen LogP contribution in [-0.4, -0.2) is 22.9 Å². The SMILES string of the molecule is COc1ccc(C(=O)c2c[nH]c3c(Cl)nccc23)cc1. The van der Waals surface area contributed by atoms with Gasteiger partial charge in [-0.2, -0.15) is 0 Å². The lowest BCUT2D eigenvalue weighted by Gasteiger charge is -2.02. The number of aromatic nitrogens is 2. The van der Waals surface area contributed by atoms with Gasteiger partial charge in [-0.3, -0.25) is 4.79 Å². The predicted molar refractivity (Wildman–Crippen MR) is 77.5 cm³/mol. The molecule has 0 aliphatic rings. The van der Waals surface area contributed by atoms with E-state index in [1.165, 1.54) is 0 Å². The molecule has 0 amide bonds. The molecule has 3 aromatic rings. The first-order chi connectivity index (χ1) is 9.70. The number of ketones is 1. The Labute approximate surface area is 120 Å². The molecule has 0 spiro atoms. The van der Waals surface area contributed by atoms with Crippen molar-refractivity contribution in [2.45, 2.75) is 0 Å². The average Bonchev–Trinajstić information content (AvgIpc) is 2.92. The van der Waals surface area contributed by atoms with Crippen molar-refractivity contribution in [1.29, 1.82) is 0 Å². The number of pyridine rings is 1. The number of halogens is 1. The predicted octanol–water partition coefficient (Wildman–Crippen LogP) is 3.46. The maximum Gasteiger partial charge on any atom is 0.195 e. The summed E-state index contributed by atoms with van der Waals surface area (Å²) in [6.07, 6.45) is 3.24. The van der Waals surface area contributed by atoms with Crippen molar-refractivity contribution in [3.8, 4) is 5.75 Å². The van der Waals surface area contributed by atoms with Crippen LogP contribution in [0.5, 0.6) is 5.75 Å². The number of carbonyl (C=O) groups is 1. The van der Waals surface area contributed by atoms with Crippen LogP contribution < -0.4 is 4.74 Å². The molecule has 0 saturated heterocycles. The van der Waals surface area contributed by atoms with E-state index in [9.17, 15) is 4.79 Å². The first-order valence-electron chi connectivity index (χ1n) is 6.01. The monoisotopic (exact) mass is 286 g/mol. The summed E-state index contributed by atoms with van der Waals surface area (Å²) in [4.78, 5) is 19.5. The standard InChI is InChI=1S/C15H11ClN2O2/c1-20-10-4-2-9(3-5-10)14(19)12-8-18-13-11(12)6-7-17-15(13)16/h2-8,18H,1H3. The Bertz CT molecular complexity index is 778. The van der Waals surface area contributed by atoms with E-state index >= 15 is 0 Å². The fourth-order valence-corrected chi connectivity index (χ4v) is 2.32. The van der Waals surface area contributed by atoms with Gasteiger partial charge in [0, 0.05) is 28.9 Å². The molecule has 0 radical (unpaired) electrons. The van der Waals surface area contributed by atoms with Gasteiger partial charge in [0.25, 0.3) is 0 Å². The third-order valence-electron chi connectivity index (χ3n) is 3.15. The Morgan fingerprint density at radius 1 is 1.25 bits per heavy atom.